The van der Waals surface area contributed by atoms with E-state index >= 15 is 0 Å². The first-order chi connectivity index (χ1) is 9.21. The number of sulfonamides is 1. The van der Waals surface area contributed by atoms with Crippen molar-refractivity contribution in [3.05, 3.63) is 30.1 Å². The molecule has 0 aliphatic carbocycles. The number of anilines is 2. The summed E-state index contributed by atoms with van der Waals surface area (Å²) in [5, 5.41) is 4.19. The molecule has 20 heavy (non-hydrogen) atoms. The highest BCUT2D eigenvalue weighted by Gasteiger charge is 2.16. The molecule has 0 unspecified atom stereocenters. The van der Waals surface area contributed by atoms with Crippen molar-refractivity contribution >= 4 is 21.4 Å². The summed E-state index contributed by atoms with van der Waals surface area (Å²) in [5.41, 5.74) is 9.61. The van der Waals surface area contributed by atoms with Crippen LogP contribution in [0.4, 0.5) is 11.4 Å². The zero-order chi connectivity index (χ0) is 15.1. The summed E-state index contributed by atoms with van der Waals surface area (Å²) in [7, 11) is -0.00194. The Hall–Kier alpha value is -2.02. The molecule has 0 aliphatic rings. The van der Waals surface area contributed by atoms with Crippen molar-refractivity contribution < 1.29 is 8.42 Å². The standard InChI is InChI=1S/C13H18N4O2S/c1-9-11(8-15-16(9)2)10-5-6-12(14)13(7-10)17(3)20(4,18)19/h5-8H,14H2,1-4H3. The van der Waals surface area contributed by atoms with Gasteiger partial charge in [-0.05, 0) is 24.6 Å². The highest BCUT2D eigenvalue weighted by atomic mass is 32.2. The van der Waals surface area contributed by atoms with E-state index in [4.69, 9.17) is 5.73 Å². The molecular weight excluding hydrogens is 276 g/mol. The average Bonchev–Trinajstić information content (AvgIpc) is 2.69. The first-order valence-corrected chi connectivity index (χ1v) is 7.89. The summed E-state index contributed by atoms with van der Waals surface area (Å²) >= 11 is 0. The van der Waals surface area contributed by atoms with Crippen molar-refractivity contribution in [2.45, 2.75) is 6.92 Å². The molecule has 0 saturated heterocycles. The zero-order valence-electron chi connectivity index (χ0n) is 12.0. The maximum absolute atomic E-state index is 11.7. The van der Waals surface area contributed by atoms with E-state index < -0.39 is 10.0 Å². The van der Waals surface area contributed by atoms with Crippen LogP contribution in [0.2, 0.25) is 0 Å². The highest BCUT2D eigenvalue weighted by Crippen LogP contribution is 2.31. The number of benzene rings is 1. The second kappa shape index (κ2) is 4.82. The van der Waals surface area contributed by atoms with Gasteiger partial charge in [0.15, 0.2) is 0 Å². The summed E-state index contributed by atoms with van der Waals surface area (Å²) in [5.74, 6) is 0. The van der Waals surface area contributed by atoms with Crippen LogP contribution in [-0.4, -0.2) is 31.5 Å². The van der Waals surface area contributed by atoms with Gasteiger partial charge in [-0.2, -0.15) is 5.10 Å². The molecule has 0 saturated carbocycles. The lowest BCUT2D eigenvalue weighted by Crippen LogP contribution is -2.25. The lowest BCUT2D eigenvalue weighted by atomic mass is 10.1. The lowest BCUT2D eigenvalue weighted by Gasteiger charge is -2.19. The second-order valence-electron chi connectivity index (χ2n) is 4.77. The molecule has 2 rings (SSSR count). The third kappa shape index (κ3) is 2.49. The highest BCUT2D eigenvalue weighted by molar-refractivity contribution is 7.92. The van der Waals surface area contributed by atoms with Crippen LogP contribution in [0.25, 0.3) is 11.1 Å². The van der Waals surface area contributed by atoms with Gasteiger partial charge in [-0.15, -0.1) is 0 Å². The number of nitrogen functional groups attached to an aromatic ring is 1. The summed E-state index contributed by atoms with van der Waals surface area (Å²) in [6, 6.07) is 5.33. The van der Waals surface area contributed by atoms with Crippen LogP contribution in [-0.2, 0) is 17.1 Å². The fourth-order valence-corrected chi connectivity index (χ4v) is 2.46. The normalized spacial score (nSPS) is 11.6. The van der Waals surface area contributed by atoms with E-state index in [9.17, 15) is 8.42 Å². The molecule has 2 N–H and O–H groups in total. The third-order valence-corrected chi connectivity index (χ3v) is 4.61. The summed E-state index contributed by atoms with van der Waals surface area (Å²) in [6.07, 6.45) is 2.90. The van der Waals surface area contributed by atoms with Crippen LogP contribution in [0.15, 0.2) is 24.4 Å². The number of rotatable bonds is 3. The quantitative estimate of drug-likeness (QED) is 0.867. The van der Waals surface area contributed by atoms with Crippen molar-refractivity contribution in [1.29, 1.82) is 0 Å². The van der Waals surface area contributed by atoms with E-state index in [0.717, 1.165) is 23.1 Å². The molecule has 0 radical (unpaired) electrons. The Morgan fingerprint density at radius 2 is 2.00 bits per heavy atom. The fourth-order valence-electron chi connectivity index (χ4n) is 1.94. The van der Waals surface area contributed by atoms with Gasteiger partial charge in [-0.25, -0.2) is 8.42 Å². The van der Waals surface area contributed by atoms with E-state index in [2.05, 4.69) is 5.10 Å². The summed E-state index contributed by atoms with van der Waals surface area (Å²) in [4.78, 5) is 0. The van der Waals surface area contributed by atoms with Gasteiger partial charge >= 0.3 is 0 Å². The van der Waals surface area contributed by atoms with E-state index in [-0.39, 0.29) is 0 Å². The van der Waals surface area contributed by atoms with Gasteiger partial charge in [0.05, 0.1) is 23.8 Å². The van der Waals surface area contributed by atoms with Crippen LogP contribution >= 0.6 is 0 Å². The average molecular weight is 294 g/mol. The SMILES string of the molecule is Cc1c(-c2ccc(N)c(N(C)S(C)(=O)=O)c2)cnn1C. The van der Waals surface area contributed by atoms with Crippen LogP contribution in [0.1, 0.15) is 5.69 Å². The Balaban J connectivity index is 2.57. The zero-order valence-corrected chi connectivity index (χ0v) is 12.8. The Labute approximate surface area is 118 Å². The van der Waals surface area contributed by atoms with Crippen molar-refractivity contribution in [2.24, 2.45) is 7.05 Å². The molecule has 2 aromatic rings. The van der Waals surface area contributed by atoms with Crippen LogP contribution in [0.3, 0.4) is 0 Å². The Morgan fingerprint density at radius 3 is 2.50 bits per heavy atom. The number of aryl methyl sites for hydroxylation is 1. The molecule has 6 nitrogen and oxygen atoms in total. The van der Waals surface area contributed by atoms with Crippen molar-refractivity contribution in [3.8, 4) is 11.1 Å². The molecule has 0 atom stereocenters. The first-order valence-electron chi connectivity index (χ1n) is 6.04. The van der Waals surface area contributed by atoms with E-state index in [1.54, 1.807) is 23.0 Å². The smallest absolute Gasteiger partial charge is 0.232 e. The lowest BCUT2D eigenvalue weighted by molar-refractivity contribution is 0.600. The van der Waals surface area contributed by atoms with Gasteiger partial charge in [-0.3, -0.25) is 8.99 Å². The fraction of sp³-hybridized carbons (Fsp3) is 0.308. The Kier molecular flexibility index (Phi) is 3.47. The molecule has 1 aromatic carbocycles. The van der Waals surface area contributed by atoms with Gasteiger partial charge in [0, 0.05) is 25.4 Å². The molecule has 7 heteroatoms. The summed E-state index contributed by atoms with van der Waals surface area (Å²) in [6.45, 7) is 1.96. The maximum atomic E-state index is 11.7. The predicted molar refractivity (Wildman–Crippen MR) is 81.0 cm³/mol. The van der Waals surface area contributed by atoms with Crippen molar-refractivity contribution in [1.82, 2.24) is 9.78 Å². The monoisotopic (exact) mass is 294 g/mol. The third-order valence-electron chi connectivity index (χ3n) is 3.41. The minimum atomic E-state index is -3.35. The van der Waals surface area contributed by atoms with Gasteiger partial charge in [0.1, 0.15) is 0 Å². The molecule has 0 amide bonds. The van der Waals surface area contributed by atoms with Crippen LogP contribution in [0.5, 0.6) is 0 Å². The van der Waals surface area contributed by atoms with Gasteiger partial charge in [-0.1, -0.05) is 6.07 Å². The Bertz CT molecular complexity index is 750. The van der Waals surface area contributed by atoms with Gasteiger partial charge in [0.25, 0.3) is 0 Å². The van der Waals surface area contributed by atoms with E-state index in [1.165, 1.54) is 11.4 Å². The van der Waals surface area contributed by atoms with Crippen molar-refractivity contribution in [2.75, 3.05) is 23.3 Å². The van der Waals surface area contributed by atoms with E-state index in [0.29, 0.717) is 11.4 Å². The Morgan fingerprint density at radius 1 is 1.35 bits per heavy atom. The van der Waals surface area contributed by atoms with Crippen LogP contribution < -0.4 is 10.0 Å². The minimum absolute atomic E-state index is 0.420. The van der Waals surface area contributed by atoms with Crippen molar-refractivity contribution in [3.63, 3.8) is 0 Å². The number of nitrogens with zero attached hydrogens (tertiary/aromatic N) is 3. The topological polar surface area (TPSA) is 81.2 Å². The van der Waals surface area contributed by atoms with E-state index in [1.807, 2.05) is 20.0 Å². The first kappa shape index (κ1) is 14.4. The molecular formula is C13H18N4O2S. The minimum Gasteiger partial charge on any atom is -0.397 e. The summed E-state index contributed by atoms with van der Waals surface area (Å²) < 4.78 is 26.3. The number of aromatic nitrogens is 2. The predicted octanol–water partition coefficient (Wildman–Crippen LogP) is 1.37. The van der Waals surface area contributed by atoms with Gasteiger partial charge < -0.3 is 5.73 Å². The molecule has 0 fully saturated rings. The molecule has 1 aromatic heterocycles. The molecule has 108 valence electrons. The molecule has 0 bridgehead atoms. The molecule has 0 spiro atoms. The number of hydrogen-bond donors (Lipinski definition) is 1. The second-order valence-corrected chi connectivity index (χ2v) is 6.79. The largest absolute Gasteiger partial charge is 0.397 e. The maximum Gasteiger partial charge on any atom is 0.232 e. The van der Waals surface area contributed by atoms with Crippen LogP contribution in [0, 0.1) is 6.92 Å². The van der Waals surface area contributed by atoms with Gasteiger partial charge in [0.2, 0.25) is 10.0 Å². The molecule has 1 heterocycles. The number of hydrogen-bond acceptors (Lipinski definition) is 4. The number of nitrogens with two attached hydrogens (primary N) is 1. The molecule has 0 aliphatic heterocycles.